The summed E-state index contributed by atoms with van der Waals surface area (Å²) in [6.07, 6.45) is 2.83. The van der Waals surface area contributed by atoms with E-state index >= 15 is 0 Å². The van der Waals surface area contributed by atoms with Crippen LogP contribution in [0.4, 0.5) is 11.4 Å². The number of carbonyl (C=O) groups is 1. The van der Waals surface area contributed by atoms with Crippen LogP contribution in [0.25, 0.3) is 11.3 Å². The van der Waals surface area contributed by atoms with Gasteiger partial charge in [-0.15, -0.1) is 0 Å². The number of rotatable bonds is 7. The average Bonchev–Trinajstić information content (AvgIpc) is 3.53. The van der Waals surface area contributed by atoms with Crippen molar-refractivity contribution in [3.05, 3.63) is 102 Å². The Bertz CT molecular complexity index is 1570. The summed E-state index contributed by atoms with van der Waals surface area (Å²) < 4.78 is 36.8. The first-order valence-electron chi connectivity index (χ1n) is 11.6. The summed E-state index contributed by atoms with van der Waals surface area (Å²) in [7, 11) is -2.06. The number of carbonyl (C=O) groups excluding carboxylic acids is 1. The van der Waals surface area contributed by atoms with Gasteiger partial charge in [-0.1, -0.05) is 18.2 Å². The fraction of sp³-hybridized carbons (Fsp3) is 0.148. The molecule has 194 valence electrons. The van der Waals surface area contributed by atoms with Crippen molar-refractivity contribution in [3.8, 4) is 11.3 Å². The molecule has 0 amide bonds. The molecule has 3 heterocycles. The van der Waals surface area contributed by atoms with Gasteiger partial charge in [0.25, 0.3) is 0 Å². The zero-order valence-corrected chi connectivity index (χ0v) is 22.1. The molecule has 2 N–H and O–H groups in total. The summed E-state index contributed by atoms with van der Waals surface area (Å²) in [6.45, 7) is 0. The lowest BCUT2D eigenvalue weighted by Crippen LogP contribution is -2.29. The van der Waals surface area contributed by atoms with Crippen LogP contribution in [0.3, 0.4) is 0 Å². The average molecular weight is 549 g/mol. The molecule has 0 bridgehead atoms. The van der Waals surface area contributed by atoms with E-state index in [1.54, 1.807) is 54.7 Å². The van der Waals surface area contributed by atoms with Crippen LogP contribution in [0.2, 0.25) is 0 Å². The fourth-order valence-corrected chi connectivity index (χ4v) is 5.29. The van der Waals surface area contributed by atoms with Crippen molar-refractivity contribution < 1.29 is 22.4 Å². The van der Waals surface area contributed by atoms with Crippen LogP contribution in [0, 0.1) is 0 Å². The van der Waals surface area contributed by atoms with Gasteiger partial charge >= 0.3 is 5.97 Å². The fourth-order valence-electron chi connectivity index (χ4n) is 4.38. The van der Waals surface area contributed by atoms with E-state index in [1.165, 1.54) is 7.11 Å². The van der Waals surface area contributed by atoms with Gasteiger partial charge in [0, 0.05) is 23.1 Å². The van der Waals surface area contributed by atoms with Crippen LogP contribution in [-0.4, -0.2) is 37.8 Å². The lowest BCUT2D eigenvalue weighted by atomic mass is 10.0. The van der Waals surface area contributed by atoms with Gasteiger partial charge in [0.2, 0.25) is 10.0 Å². The van der Waals surface area contributed by atoms with E-state index in [9.17, 15) is 13.2 Å². The van der Waals surface area contributed by atoms with Crippen molar-refractivity contribution in [1.82, 2.24) is 10.3 Å². The molecule has 1 aliphatic rings. The number of thiocarbonyl (C=S) groups is 1. The summed E-state index contributed by atoms with van der Waals surface area (Å²) in [5.74, 6) is 0.869. The molecular formula is C27H24N4O5S2. The van der Waals surface area contributed by atoms with Crippen LogP contribution in [0.1, 0.15) is 33.9 Å². The first-order chi connectivity index (χ1) is 18.2. The van der Waals surface area contributed by atoms with Crippen molar-refractivity contribution in [2.75, 3.05) is 23.0 Å². The maximum absolute atomic E-state index is 11.8. The van der Waals surface area contributed by atoms with Crippen LogP contribution >= 0.6 is 12.2 Å². The lowest BCUT2D eigenvalue weighted by molar-refractivity contribution is 0.0600. The minimum atomic E-state index is -3.40. The van der Waals surface area contributed by atoms with E-state index < -0.39 is 16.0 Å². The third-order valence-corrected chi connectivity index (χ3v) is 6.98. The first kappa shape index (κ1) is 25.4. The molecule has 2 atom stereocenters. The molecule has 4 aromatic rings. The monoisotopic (exact) mass is 548 g/mol. The number of anilines is 2. The molecule has 38 heavy (non-hydrogen) atoms. The molecule has 1 fully saturated rings. The second-order valence-electron chi connectivity index (χ2n) is 8.69. The Hall–Kier alpha value is -4.22. The highest BCUT2D eigenvalue weighted by Gasteiger charge is 2.42. The highest BCUT2D eigenvalue weighted by molar-refractivity contribution is 7.92. The van der Waals surface area contributed by atoms with Crippen molar-refractivity contribution in [3.63, 3.8) is 0 Å². The van der Waals surface area contributed by atoms with Crippen molar-refractivity contribution >= 4 is 44.7 Å². The summed E-state index contributed by atoms with van der Waals surface area (Å²) in [6, 6.07) is 22.7. The summed E-state index contributed by atoms with van der Waals surface area (Å²) in [5, 5.41) is 3.85. The first-order valence-corrected chi connectivity index (χ1v) is 13.9. The van der Waals surface area contributed by atoms with Crippen LogP contribution in [0.5, 0.6) is 0 Å². The van der Waals surface area contributed by atoms with Crippen molar-refractivity contribution in [2.24, 2.45) is 0 Å². The number of pyridine rings is 1. The molecule has 0 spiro atoms. The maximum Gasteiger partial charge on any atom is 0.337 e. The Kier molecular flexibility index (Phi) is 6.87. The van der Waals surface area contributed by atoms with Crippen LogP contribution < -0.4 is 14.9 Å². The minimum Gasteiger partial charge on any atom is -0.465 e. The number of nitrogens with zero attached hydrogens (tertiary/aromatic N) is 2. The Morgan fingerprint density at radius 2 is 1.79 bits per heavy atom. The van der Waals surface area contributed by atoms with E-state index in [2.05, 4.69) is 15.0 Å². The number of hydrogen-bond acceptors (Lipinski definition) is 7. The topological polar surface area (TPSA) is 114 Å². The van der Waals surface area contributed by atoms with Gasteiger partial charge < -0.3 is 19.4 Å². The third-order valence-electron chi connectivity index (χ3n) is 6.06. The van der Waals surface area contributed by atoms with E-state index in [0.717, 1.165) is 23.2 Å². The summed E-state index contributed by atoms with van der Waals surface area (Å²) >= 11 is 5.74. The predicted molar refractivity (Wildman–Crippen MR) is 148 cm³/mol. The van der Waals surface area contributed by atoms with Crippen LogP contribution in [0.15, 0.2) is 89.5 Å². The number of aromatic nitrogens is 1. The van der Waals surface area contributed by atoms with Gasteiger partial charge in [-0.25, -0.2) is 13.2 Å². The number of benzene rings is 2. The molecule has 0 radical (unpaired) electrons. The summed E-state index contributed by atoms with van der Waals surface area (Å²) in [5.41, 5.74) is 3.24. The molecule has 11 heteroatoms. The van der Waals surface area contributed by atoms with E-state index in [0.29, 0.717) is 27.9 Å². The smallest absolute Gasteiger partial charge is 0.337 e. The number of esters is 1. The van der Waals surface area contributed by atoms with Crippen LogP contribution in [-0.2, 0) is 14.8 Å². The molecule has 0 unspecified atom stereocenters. The second-order valence-corrected chi connectivity index (χ2v) is 10.8. The number of sulfonamides is 1. The van der Waals surface area contributed by atoms with Gasteiger partial charge in [0.05, 0.1) is 30.7 Å². The van der Waals surface area contributed by atoms with Gasteiger partial charge in [-0.3, -0.25) is 9.71 Å². The largest absolute Gasteiger partial charge is 0.465 e. The Labute approximate surface area is 225 Å². The molecule has 0 saturated carbocycles. The second kappa shape index (κ2) is 10.3. The highest BCUT2D eigenvalue weighted by atomic mass is 32.2. The standard InChI is InChI=1S/C27H24N4O5S2/c1-35-26(32)18-8-6-17(7-9-18)22-14-15-23(36-22)25-24(21-5-3-4-16-28-21)29-27(37)31(25)20-12-10-19(11-13-20)30-38(2,33)34/h3-16,24-25,30H,1-2H3,(H,29,37)/t24-,25-/m0/s1. The summed E-state index contributed by atoms with van der Waals surface area (Å²) in [4.78, 5) is 18.3. The van der Waals surface area contributed by atoms with E-state index in [-0.39, 0.29) is 12.1 Å². The predicted octanol–water partition coefficient (Wildman–Crippen LogP) is 4.68. The van der Waals surface area contributed by atoms with Gasteiger partial charge in [0.1, 0.15) is 17.6 Å². The molecule has 1 saturated heterocycles. The molecule has 2 aromatic carbocycles. The maximum atomic E-state index is 11.8. The zero-order chi connectivity index (χ0) is 26.9. The number of furan rings is 1. The molecular weight excluding hydrogens is 524 g/mol. The lowest BCUT2D eigenvalue weighted by Gasteiger charge is -2.26. The van der Waals surface area contributed by atoms with E-state index in [4.69, 9.17) is 21.4 Å². The molecule has 9 nitrogen and oxygen atoms in total. The molecule has 2 aromatic heterocycles. The Morgan fingerprint density at radius 1 is 1.05 bits per heavy atom. The molecule has 5 rings (SSSR count). The van der Waals surface area contributed by atoms with Gasteiger partial charge in [-0.2, -0.15) is 0 Å². The van der Waals surface area contributed by atoms with E-state index in [1.807, 2.05) is 35.2 Å². The zero-order valence-electron chi connectivity index (χ0n) is 20.5. The number of hydrogen-bond donors (Lipinski definition) is 2. The SMILES string of the molecule is COC(=O)c1ccc(-c2ccc([C@H]3[C@H](c4ccccn4)NC(=S)N3c3ccc(NS(C)(=O)=O)cc3)o2)cc1. The Balaban J connectivity index is 1.51. The molecule has 0 aliphatic carbocycles. The van der Waals surface area contributed by atoms with Crippen molar-refractivity contribution in [1.29, 1.82) is 0 Å². The van der Waals surface area contributed by atoms with Gasteiger partial charge in [-0.05, 0) is 72.9 Å². The number of nitrogens with one attached hydrogen (secondary N) is 2. The number of ether oxygens (including phenoxy) is 1. The minimum absolute atomic E-state index is 0.307. The normalized spacial score (nSPS) is 17.2. The quantitative estimate of drug-likeness (QED) is 0.251. The van der Waals surface area contributed by atoms with Crippen molar-refractivity contribution in [2.45, 2.75) is 12.1 Å². The highest BCUT2D eigenvalue weighted by Crippen LogP contribution is 2.43. The Morgan fingerprint density at radius 3 is 2.42 bits per heavy atom. The third kappa shape index (κ3) is 5.24. The number of methoxy groups -OCH3 is 1. The van der Waals surface area contributed by atoms with Gasteiger partial charge in [0.15, 0.2) is 5.11 Å². The molecule has 1 aliphatic heterocycles.